The van der Waals surface area contributed by atoms with Gasteiger partial charge in [0.15, 0.2) is 0 Å². The van der Waals surface area contributed by atoms with Crippen LogP contribution in [0.1, 0.15) is 21.6 Å². The second-order valence-corrected chi connectivity index (χ2v) is 6.44. The van der Waals surface area contributed by atoms with Crippen LogP contribution in [0.5, 0.6) is 0 Å². The van der Waals surface area contributed by atoms with E-state index in [4.69, 9.17) is 34.9 Å². The van der Waals surface area contributed by atoms with Crippen LogP contribution in [-0.4, -0.2) is 21.4 Å². The van der Waals surface area contributed by atoms with Crippen LogP contribution in [-0.2, 0) is 6.54 Å². The van der Waals surface area contributed by atoms with Crippen molar-refractivity contribution in [3.8, 4) is 0 Å². The van der Waals surface area contributed by atoms with E-state index in [9.17, 15) is 4.79 Å². The Kier molecular flexibility index (Phi) is 5.13. The van der Waals surface area contributed by atoms with Crippen LogP contribution in [0.15, 0.2) is 41.5 Å². The minimum Gasteiger partial charge on any atom is -0.321 e. The molecule has 26 heavy (non-hydrogen) atoms. The molecule has 0 aliphatic carbocycles. The van der Waals surface area contributed by atoms with Crippen molar-refractivity contribution in [2.75, 3.05) is 0 Å². The number of aromatic nitrogens is 2. The maximum Gasteiger partial charge on any atom is 0.231 e. The number of hydrogen-bond acceptors (Lipinski definition) is 5. The summed E-state index contributed by atoms with van der Waals surface area (Å²) in [4.78, 5) is 12.4. The Bertz CT molecular complexity index is 1010. The number of Topliss-reactive ketones (excluding diaryl/α,β-unsaturated/α-hetero) is 1. The number of carbonyl (C=O) groups is 1. The van der Waals surface area contributed by atoms with E-state index in [1.165, 1.54) is 0 Å². The summed E-state index contributed by atoms with van der Waals surface area (Å²) in [6.45, 7) is 2.26. The Labute approximate surface area is 159 Å². The molecule has 0 radical (unpaired) electrons. The van der Waals surface area contributed by atoms with Crippen molar-refractivity contribution in [1.82, 2.24) is 15.2 Å². The quantitative estimate of drug-likeness (QED) is 0.208. The number of halogens is 2. The zero-order valence-corrected chi connectivity index (χ0v) is 15.3. The SMILES string of the molecule is Cc1nn(Cc2c(Cl)cccc2Cl)c2cc(C(=O)/C(=N/N)NN)ccc12. The lowest BCUT2D eigenvalue weighted by Gasteiger charge is -2.09. The Morgan fingerprint density at radius 3 is 2.58 bits per heavy atom. The number of hydrogen-bond donors (Lipinski definition) is 3. The van der Waals surface area contributed by atoms with E-state index in [0.29, 0.717) is 22.2 Å². The number of benzene rings is 2. The van der Waals surface area contributed by atoms with Crippen LogP contribution < -0.4 is 17.1 Å². The van der Waals surface area contributed by atoms with Gasteiger partial charge in [0.25, 0.3) is 0 Å². The smallest absolute Gasteiger partial charge is 0.231 e. The molecule has 134 valence electrons. The highest BCUT2D eigenvalue weighted by molar-refractivity contribution is 6.45. The van der Waals surface area contributed by atoms with E-state index in [1.54, 1.807) is 35.0 Å². The van der Waals surface area contributed by atoms with Gasteiger partial charge >= 0.3 is 0 Å². The summed E-state index contributed by atoms with van der Waals surface area (Å²) in [5, 5.41) is 9.92. The van der Waals surface area contributed by atoms with Crippen molar-refractivity contribution < 1.29 is 4.79 Å². The minimum absolute atomic E-state index is 0.138. The van der Waals surface area contributed by atoms with Crippen molar-refractivity contribution in [3.63, 3.8) is 0 Å². The van der Waals surface area contributed by atoms with E-state index < -0.39 is 5.78 Å². The fourth-order valence-electron chi connectivity index (χ4n) is 2.73. The van der Waals surface area contributed by atoms with Crippen LogP contribution >= 0.6 is 23.2 Å². The number of nitrogens with two attached hydrogens (primary N) is 2. The first-order valence-electron chi connectivity index (χ1n) is 7.65. The van der Waals surface area contributed by atoms with E-state index in [-0.39, 0.29) is 5.84 Å². The highest BCUT2D eigenvalue weighted by Gasteiger charge is 2.17. The average molecular weight is 391 g/mol. The first kappa shape index (κ1) is 18.2. The standard InChI is InChI=1S/C17H16Cl2N6O/c1-9-11-6-5-10(16(26)17(22-20)23-21)7-15(11)25(24-9)8-12-13(18)3-2-4-14(12)19/h2-7H,8,20-21H2,1H3,(H,22,23). The molecule has 0 saturated heterocycles. The topological polar surface area (TPSA) is 111 Å². The number of nitrogens with one attached hydrogen (secondary N) is 1. The summed E-state index contributed by atoms with van der Waals surface area (Å²) in [6, 6.07) is 10.5. The number of rotatable bonds is 4. The lowest BCUT2D eigenvalue weighted by Crippen LogP contribution is -2.37. The van der Waals surface area contributed by atoms with Gasteiger partial charge in [-0.1, -0.05) is 41.4 Å². The van der Waals surface area contributed by atoms with Crippen LogP contribution in [0, 0.1) is 6.92 Å². The van der Waals surface area contributed by atoms with Gasteiger partial charge in [0, 0.05) is 26.6 Å². The molecule has 0 aliphatic heterocycles. The Hall–Kier alpha value is -2.61. The third-order valence-electron chi connectivity index (χ3n) is 4.05. The van der Waals surface area contributed by atoms with Gasteiger partial charge in [-0.05, 0) is 25.1 Å². The van der Waals surface area contributed by atoms with Crippen molar-refractivity contribution >= 4 is 45.7 Å². The molecule has 0 bridgehead atoms. The minimum atomic E-state index is -0.418. The predicted octanol–water partition coefficient (Wildman–Crippen LogP) is 2.62. The third kappa shape index (κ3) is 3.24. The molecule has 3 aromatic rings. The molecule has 0 atom stereocenters. The normalized spacial score (nSPS) is 11.8. The van der Waals surface area contributed by atoms with Crippen LogP contribution in [0.3, 0.4) is 0 Å². The van der Waals surface area contributed by atoms with E-state index in [0.717, 1.165) is 22.2 Å². The molecule has 0 aliphatic rings. The van der Waals surface area contributed by atoms with Gasteiger partial charge in [0.2, 0.25) is 11.6 Å². The van der Waals surface area contributed by atoms with E-state index >= 15 is 0 Å². The summed E-state index contributed by atoms with van der Waals surface area (Å²) < 4.78 is 1.75. The second kappa shape index (κ2) is 7.33. The maximum absolute atomic E-state index is 12.4. The molecule has 0 spiro atoms. The molecule has 2 aromatic carbocycles. The van der Waals surface area contributed by atoms with Crippen LogP contribution in [0.4, 0.5) is 0 Å². The van der Waals surface area contributed by atoms with Gasteiger partial charge in [-0.3, -0.25) is 9.48 Å². The van der Waals surface area contributed by atoms with Crippen molar-refractivity contribution in [1.29, 1.82) is 0 Å². The van der Waals surface area contributed by atoms with Crippen molar-refractivity contribution in [3.05, 3.63) is 63.3 Å². The van der Waals surface area contributed by atoms with Crippen molar-refractivity contribution in [2.24, 2.45) is 16.8 Å². The first-order chi connectivity index (χ1) is 12.5. The van der Waals surface area contributed by atoms with Crippen LogP contribution in [0.2, 0.25) is 10.0 Å². The molecule has 5 N–H and O–H groups in total. The van der Waals surface area contributed by atoms with Gasteiger partial charge in [-0.15, -0.1) is 0 Å². The Balaban J connectivity index is 2.09. The number of ketones is 1. The summed E-state index contributed by atoms with van der Waals surface area (Å²) in [5.41, 5.74) is 4.91. The average Bonchev–Trinajstić information content (AvgIpc) is 2.94. The summed E-state index contributed by atoms with van der Waals surface area (Å²) in [5.74, 6) is 9.90. The molecule has 0 amide bonds. The summed E-state index contributed by atoms with van der Waals surface area (Å²) >= 11 is 12.5. The summed E-state index contributed by atoms with van der Waals surface area (Å²) in [6.07, 6.45) is 0. The predicted molar refractivity (Wildman–Crippen MR) is 103 cm³/mol. The van der Waals surface area contributed by atoms with E-state index in [2.05, 4.69) is 15.6 Å². The number of nitrogens with zero attached hydrogens (tertiary/aromatic N) is 3. The Morgan fingerprint density at radius 1 is 1.27 bits per heavy atom. The summed E-state index contributed by atoms with van der Waals surface area (Å²) in [7, 11) is 0. The number of amidine groups is 1. The lowest BCUT2D eigenvalue weighted by molar-refractivity contribution is 0.106. The number of hydrazone groups is 1. The highest BCUT2D eigenvalue weighted by Crippen LogP contribution is 2.27. The maximum atomic E-state index is 12.4. The Morgan fingerprint density at radius 2 is 1.96 bits per heavy atom. The zero-order valence-electron chi connectivity index (χ0n) is 13.8. The molecule has 1 aromatic heterocycles. The van der Waals surface area contributed by atoms with Crippen LogP contribution in [0.25, 0.3) is 10.9 Å². The van der Waals surface area contributed by atoms with Gasteiger partial charge < -0.3 is 11.3 Å². The molecule has 1 heterocycles. The fourth-order valence-corrected chi connectivity index (χ4v) is 3.25. The van der Waals surface area contributed by atoms with Gasteiger partial charge in [0.05, 0.1) is 17.8 Å². The largest absolute Gasteiger partial charge is 0.321 e. The number of carbonyl (C=O) groups excluding carboxylic acids is 1. The van der Waals surface area contributed by atoms with Crippen molar-refractivity contribution in [2.45, 2.75) is 13.5 Å². The molecular formula is C17H16Cl2N6O. The lowest BCUT2D eigenvalue weighted by atomic mass is 10.1. The molecule has 0 saturated carbocycles. The molecule has 7 nitrogen and oxygen atoms in total. The number of aryl methyl sites for hydroxylation is 1. The molecular weight excluding hydrogens is 375 g/mol. The first-order valence-corrected chi connectivity index (χ1v) is 8.41. The van der Waals surface area contributed by atoms with Gasteiger partial charge in [-0.25, -0.2) is 5.84 Å². The highest BCUT2D eigenvalue weighted by atomic mass is 35.5. The molecule has 0 unspecified atom stereocenters. The van der Waals surface area contributed by atoms with Gasteiger partial charge in [-0.2, -0.15) is 10.2 Å². The number of hydrazine groups is 1. The van der Waals surface area contributed by atoms with E-state index in [1.807, 2.05) is 13.0 Å². The molecule has 0 fully saturated rings. The monoisotopic (exact) mass is 390 g/mol. The third-order valence-corrected chi connectivity index (χ3v) is 4.76. The molecule has 9 heteroatoms. The fraction of sp³-hybridized carbons (Fsp3) is 0.118. The zero-order chi connectivity index (χ0) is 18.8. The second-order valence-electron chi connectivity index (χ2n) is 5.63. The number of fused-ring (bicyclic) bond motifs is 1. The molecule has 3 rings (SSSR count). The van der Waals surface area contributed by atoms with Gasteiger partial charge in [0.1, 0.15) is 0 Å².